The van der Waals surface area contributed by atoms with Gasteiger partial charge in [-0.15, -0.1) is 23.5 Å². The third kappa shape index (κ3) is 6.53. The Kier molecular flexibility index (Phi) is 7.02. The quantitative estimate of drug-likeness (QED) is 0.692. The van der Waals surface area contributed by atoms with Gasteiger partial charge < -0.3 is 0 Å². The monoisotopic (exact) mass is 244 g/mol. The molecule has 0 saturated heterocycles. The van der Waals surface area contributed by atoms with Crippen molar-refractivity contribution >= 4 is 46.7 Å². The standard InChI is InChI=1S/C8H14Cl2S2/c1-5(2)11-8(7(9)10)12-6(3)4/h5-6H,1-4H3. The summed E-state index contributed by atoms with van der Waals surface area (Å²) in [6.07, 6.45) is 0. The molecule has 0 fully saturated rings. The molecule has 4 heteroatoms. The molecule has 0 aromatic rings. The molecule has 0 aliphatic carbocycles. The normalized spacial score (nSPS) is 11.0. The van der Waals surface area contributed by atoms with Crippen molar-refractivity contribution in [2.24, 2.45) is 0 Å². The van der Waals surface area contributed by atoms with Gasteiger partial charge in [-0.2, -0.15) is 0 Å². The lowest BCUT2D eigenvalue weighted by atomic mass is 10.6. The number of hydrogen-bond donors (Lipinski definition) is 0. The fraction of sp³-hybridized carbons (Fsp3) is 0.750. The van der Waals surface area contributed by atoms with E-state index in [0.717, 1.165) is 4.24 Å². The van der Waals surface area contributed by atoms with Crippen molar-refractivity contribution in [1.82, 2.24) is 0 Å². The molecule has 0 spiro atoms. The van der Waals surface area contributed by atoms with Gasteiger partial charge in [0, 0.05) is 10.5 Å². The number of hydrogen-bond acceptors (Lipinski definition) is 2. The zero-order valence-corrected chi connectivity index (χ0v) is 10.9. The van der Waals surface area contributed by atoms with E-state index >= 15 is 0 Å². The molecule has 0 aromatic heterocycles. The summed E-state index contributed by atoms with van der Waals surface area (Å²) < 4.78 is 1.43. The van der Waals surface area contributed by atoms with Crippen LogP contribution in [0.4, 0.5) is 0 Å². The lowest BCUT2D eigenvalue weighted by molar-refractivity contribution is 1.11. The Hall–Kier alpha value is 1.02. The van der Waals surface area contributed by atoms with Crippen molar-refractivity contribution in [3.8, 4) is 0 Å². The first-order chi connectivity index (χ1) is 5.43. The van der Waals surface area contributed by atoms with Crippen LogP contribution in [-0.2, 0) is 0 Å². The molecule has 0 bridgehead atoms. The van der Waals surface area contributed by atoms with Crippen molar-refractivity contribution in [3.63, 3.8) is 0 Å². The SMILES string of the molecule is CC(C)SC(SC(C)C)=C(Cl)Cl. The predicted octanol–water partition coefficient (Wildman–Crippen LogP) is 4.87. The van der Waals surface area contributed by atoms with Crippen LogP contribution in [0.2, 0.25) is 0 Å². The summed E-state index contributed by atoms with van der Waals surface area (Å²) in [7, 11) is 0. The van der Waals surface area contributed by atoms with Crippen LogP contribution in [0.25, 0.3) is 0 Å². The van der Waals surface area contributed by atoms with Gasteiger partial charge in [-0.3, -0.25) is 0 Å². The summed E-state index contributed by atoms with van der Waals surface area (Å²) in [6.45, 7) is 8.51. The van der Waals surface area contributed by atoms with Crippen LogP contribution in [0.5, 0.6) is 0 Å². The van der Waals surface area contributed by atoms with Crippen molar-refractivity contribution in [3.05, 3.63) is 8.73 Å². The summed E-state index contributed by atoms with van der Waals surface area (Å²) in [5.41, 5.74) is 0. The average molecular weight is 245 g/mol. The van der Waals surface area contributed by atoms with Gasteiger partial charge in [0.05, 0.1) is 4.24 Å². The van der Waals surface area contributed by atoms with Crippen LogP contribution in [-0.4, -0.2) is 10.5 Å². The molecule has 0 aliphatic rings. The van der Waals surface area contributed by atoms with Gasteiger partial charge in [0.2, 0.25) is 0 Å². The van der Waals surface area contributed by atoms with Gasteiger partial charge in [0.25, 0.3) is 0 Å². The third-order valence-corrected chi connectivity index (χ3v) is 4.02. The molecule has 0 amide bonds. The fourth-order valence-electron chi connectivity index (χ4n) is 0.545. The highest BCUT2D eigenvalue weighted by molar-refractivity contribution is 8.22. The van der Waals surface area contributed by atoms with Crippen LogP contribution in [0, 0.1) is 0 Å². The van der Waals surface area contributed by atoms with E-state index in [1.54, 1.807) is 23.5 Å². The van der Waals surface area contributed by atoms with Gasteiger partial charge in [0.1, 0.15) is 4.49 Å². The van der Waals surface area contributed by atoms with Gasteiger partial charge in [-0.05, 0) is 0 Å². The van der Waals surface area contributed by atoms with Gasteiger partial charge in [-0.1, -0.05) is 50.9 Å². The Morgan fingerprint density at radius 1 is 0.917 bits per heavy atom. The molecule has 0 heterocycles. The minimum absolute atomic E-state index is 0.396. The number of thioether (sulfide) groups is 2. The van der Waals surface area contributed by atoms with Crippen LogP contribution in [0.3, 0.4) is 0 Å². The van der Waals surface area contributed by atoms with Crippen LogP contribution in [0.1, 0.15) is 27.7 Å². The molecule has 0 saturated carbocycles. The van der Waals surface area contributed by atoms with E-state index in [2.05, 4.69) is 27.7 Å². The maximum Gasteiger partial charge on any atom is 0.126 e. The Labute approximate surface area is 93.5 Å². The zero-order valence-electron chi connectivity index (χ0n) is 7.73. The van der Waals surface area contributed by atoms with Crippen LogP contribution < -0.4 is 0 Å². The van der Waals surface area contributed by atoms with E-state index < -0.39 is 0 Å². The highest BCUT2D eigenvalue weighted by Gasteiger charge is 2.09. The van der Waals surface area contributed by atoms with Crippen LogP contribution in [0.15, 0.2) is 8.73 Å². The summed E-state index contributed by atoms with van der Waals surface area (Å²) in [5.74, 6) is 0. The molecule has 72 valence electrons. The van der Waals surface area contributed by atoms with E-state index in [4.69, 9.17) is 23.2 Å². The highest BCUT2D eigenvalue weighted by atomic mass is 35.5. The maximum atomic E-state index is 5.74. The van der Waals surface area contributed by atoms with E-state index in [-0.39, 0.29) is 0 Å². The smallest absolute Gasteiger partial charge is 0.114 e. The molecule has 0 nitrogen and oxygen atoms in total. The maximum absolute atomic E-state index is 5.74. The van der Waals surface area contributed by atoms with E-state index in [1.165, 1.54) is 0 Å². The van der Waals surface area contributed by atoms with E-state index in [0.29, 0.717) is 15.0 Å². The Bertz CT molecular complexity index is 148. The van der Waals surface area contributed by atoms with Gasteiger partial charge in [0.15, 0.2) is 0 Å². The Balaban J connectivity index is 4.17. The van der Waals surface area contributed by atoms with Crippen molar-refractivity contribution < 1.29 is 0 Å². The molecule has 0 radical (unpaired) electrons. The highest BCUT2D eigenvalue weighted by Crippen LogP contribution is 2.39. The fourth-order valence-corrected chi connectivity index (χ4v) is 3.49. The molecular formula is C8H14Cl2S2. The lowest BCUT2D eigenvalue weighted by Gasteiger charge is -2.11. The largest absolute Gasteiger partial charge is 0.126 e. The minimum atomic E-state index is 0.396. The first-order valence-corrected chi connectivity index (χ1v) is 6.33. The first-order valence-electron chi connectivity index (χ1n) is 3.82. The molecule has 12 heavy (non-hydrogen) atoms. The Morgan fingerprint density at radius 3 is 1.42 bits per heavy atom. The van der Waals surface area contributed by atoms with Gasteiger partial charge in [-0.25, -0.2) is 0 Å². The average Bonchev–Trinajstić information content (AvgIpc) is 1.83. The van der Waals surface area contributed by atoms with Gasteiger partial charge >= 0.3 is 0 Å². The molecule has 0 unspecified atom stereocenters. The second-order valence-electron chi connectivity index (χ2n) is 2.88. The molecule has 0 aliphatic heterocycles. The third-order valence-electron chi connectivity index (χ3n) is 0.840. The summed E-state index contributed by atoms with van der Waals surface area (Å²) >= 11 is 14.9. The topological polar surface area (TPSA) is 0 Å². The summed E-state index contributed by atoms with van der Waals surface area (Å²) in [5, 5.41) is 1.05. The van der Waals surface area contributed by atoms with Crippen molar-refractivity contribution in [2.45, 2.75) is 38.2 Å². The molecule has 0 rings (SSSR count). The van der Waals surface area contributed by atoms with E-state index in [1.807, 2.05) is 0 Å². The van der Waals surface area contributed by atoms with Crippen LogP contribution >= 0.6 is 46.7 Å². The summed E-state index contributed by atoms with van der Waals surface area (Å²) in [6, 6.07) is 0. The number of rotatable bonds is 4. The van der Waals surface area contributed by atoms with E-state index in [9.17, 15) is 0 Å². The Morgan fingerprint density at radius 2 is 1.25 bits per heavy atom. The van der Waals surface area contributed by atoms with Crippen molar-refractivity contribution in [2.75, 3.05) is 0 Å². The van der Waals surface area contributed by atoms with Crippen molar-refractivity contribution in [1.29, 1.82) is 0 Å². The second kappa shape index (κ2) is 6.47. The number of halogens is 2. The molecule has 0 atom stereocenters. The molecular weight excluding hydrogens is 231 g/mol. The first kappa shape index (κ1) is 13.0. The summed E-state index contributed by atoms with van der Waals surface area (Å²) in [4.78, 5) is 0. The molecule has 0 aromatic carbocycles. The molecule has 0 N–H and O–H groups in total. The zero-order chi connectivity index (χ0) is 9.72. The minimum Gasteiger partial charge on any atom is -0.114 e. The lowest BCUT2D eigenvalue weighted by Crippen LogP contribution is -1.91. The predicted molar refractivity (Wildman–Crippen MR) is 64.2 cm³/mol. The second-order valence-corrected chi connectivity index (χ2v) is 7.26.